The summed E-state index contributed by atoms with van der Waals surface area (Å²) in [5.41, 5.74) is 9.12. The van der Waals surface area contributed by atoms with Gasteiger partial charge in [0.25, 0.3) is 0 Å². The Kier molecular flexibility index (Phi) is 3.79. The fourth-order valence-corrected chi connectivity index (χ4v) is 2.83. The smallest absolute Gasteiger partial charge is 0.175 e. The van der Waals surface area contributed by atoms with E-state index in [1.54, 1.807) is 42.9 Å². The van der Waals surface area contributed by atoms with Gasteiger partial charge in [-0.2, -0.15) is 0 Å². The van der Waals surface area contributed by atoms with Crippen LogP contribution in [0.15, 0.2) is 60.1 Å². The first kappa shape index (κ1) is 15.1. The maximum atomic E-state index is 11.5. The number of anilines is 1. The van der Waals surface area contributed by atoms with E-state index in [0.717, 1.165) is 22.3 Å². The van der Waals surface area contributed by atoms with Crippen molar-refractivity contribution in [1.82, 2.24) is 15.0 Å². The number of hydrogen-bond donors (Lipinski definition) is 1. The minimum Gasteiger partial charge on any atom is -0.383 e. The molecule has 0 radical (unpaired) electrons. The van der Waals surface area contributed by atoms with E-state index in [2.05, 4.69) is 15.0 Å². The third kappa shape index (κ3) is 3.19. The molecule has 0 aliphatic rings. The Labute approximate surface area is 134 Å². The van der Waals surface area contributed by atoms with Crippen LogP contribution in [0.25, 0.3) is 22.3 Å². The van der Waals surface area contributed by atoms with E-state index in [0.29, 0.717) is 5.82 Å². The molecule has 7 heteroatoms. The summed E-state index contributed by atoms with van der Waals surface area (Å²) in [6.07, 6.45) is 7.60. The van der Waals surface area contributed by atoms with Gasteiger partial charge in [-0.05, 0) is 23.8 Å². The standard InChI is InChI=1S/C16H14N4O2S/c1-23(21,22)14-4-2-11(3-5-14)12-6-15(16(17)20-9-12)13-7-18-10-19-8-13/h2-10H,1H3,(H2,17,20). The SMILES string of the molecule is CS(=O)(=O)c1ccc(-c2cnc(N)c(-c3cncnc3)c2)cc1. The molecule has 0 fully saturated rings. The van der Waals surface area contributed by atoms with E-state index in [4.69, 9.17) is 5.73 Å². The molecule has 2 N–H and O–H groups in total. The first-order valence-electron chi connectivity index (χ1n) is 6.76. The minimum absolute atomic E-state index is 0.279. The zero-order chi connectivity index (χ0) is 16.4. The number of nitrogens with two attached hydrogens (primary N) is 1. The van der Waals surface area contributed by atoms with Crippen LogP contribution in [0.3, 0.4) is 0 Å². The van der Waals surface area contributed by atoms with Crippen LogP contribution in [0.4, 0.5) is 5.82 Å². The van der Waals surface area contributed by atoms with Crippen LogP contribution in [0.1, 0.15) is 0 Å². The molecule has 116 valence electrons. The highest BCUT2D eigenvalue weighted by molar-refractivity contribution is 7.90. The third-order valence-corrected chi connectivity index (χ3v) is 4.53. The van der Waals surface area contributed by atoms with Crippen LogP contribution >= 0.6 is 0 Å². The van der Waals surface area contributed by atoms with Crippen LogP contribution < -0.4 is 5.73 Å². The fraction of sp³-hybridized carbons (Fsp3) is 0.0625. The van der Waals surface area contributed by atoms with Crippen molar-refractivity contribution in [3.05, 3.63) is 55.2 Å². The predicted molar refractivity (Wildman–Crippen MR) is 88.2 cm³/mol. The minimum atomic E-state index is -3.21. The topological polar surface area (TPSA) is 98.8 Å². The largest absolute Gasteiger partial charge is 0.383 e. The zero-order valence-electron chi connectivity index (χ0n) is 12.3. The molecule has 2 aromatic heterocycles. The van der Waals surface area contributed by atoms with Gasteiger partial charge in [0, 0.05) is 41.5 Å². The molecule has 3 aromatic rings. The lowest BCUT2D eigenvalue weighted by molar-refractivity contribution is 0.602. The highest BCUT2D eigenvalue weighted by Gasteiger charge is 2.10. The van der Waals surface area contributed by atoms with E-state index in [-0.39, 0.29) is 4.90 Å². The van der Waals surface area contributed by atoms with Gasteiger partial charge in [0.1, 0.15) is 12.1 Å². The Balaban J connectivity index is 2.05. The van der Waals surface area contributed by atoms with Crippen molar-refractivity contribution in [2.75, 3.05) is 12.0 Å². The van der Waals surface area contributed by atoms with E-state index >= 15 is 0 Å². The van der Waals surface area contributed by atoms with Crippen LogP contribution in [0.5, 0.6) is 0 Å². The predicted octanol–water partition coefficient (Wildman–Crippen LogP) is 2.19. The number of sulfone groups is 1. The molecule has 0 bridgehead atoms. The Morgan fingerprint density at radius 3 is 2.17 bits per heavy atom. The van der Waals surface area contributed by atoms with Crippen molar-refractivity contribution in [1.29, 1.82) is 0 Å². The average molecular weight is 326 g/mol. The fourth-order valence-electron chi connectivity index (χ4n) is 2.20. The van der Waals surface area contributed by atoms with Gasteiger partial charge in [0.2, 0.25) is 0 Å². The summed E-state index contributed by atoms with van der Waals surface area (Å²) in [4.78, 5) is 12.5. The van der Waals surface area contributed by atoms with Crippen molar-refractivity contribution in [2.24, 2.45) is 0 Å². The van der Waals surface area contributed by atoms with Gasteiger partial charge in [-0.25, -0.2) is 23.4 Å². The molecule has 0 atom stereocenters. The second kappa shape index (κ2) is 5.77. The Morgan fingerprint density at radius 1 is 0.913 bits per heavy atom. The number of rotatable bonds is 3. The Morgan fingerprint density at radius 2 is 1.57 bits per heavy atom. The molecule has 0 amide bonds. The summed E-state index contributed by atoms with van der Waals surface area (Å²) >= 11 is 0. The van der Waals surface area contributed by atoms with Gasteiger partial charge < -0.3 is 5.73 Å². The zero-order valence-corrected chi connectivity index (χ0v) is 13.2. The van der Waals surface area contributed by atoms with Crippen LogP contribution in [-0.4, -0.2) is 29.6 Å². The van der Waals surface area contributed by atoms with Crippen LogP contribution in [0, 0.1) is 0 Å². The average Bonchev–Trinajstić information content (AvgIpc) is 2.55. The lowest BCUT2D eigenvalue weighted by Gasteiger charge is -2.08. The molecular weight excluding hydrogens is 312 g/mol. The summed E-state index contributed by atoms with van der Waals surface area (Å²) in [7, 11) is -3.21. The first-order chi connectivity index (χ1) is 10.9. The molecule has 23 heavy (non-hydrogen) atoms. The number of benzene rings is 1. The van der Waals surface area contributed by atoms with Gasteiger partial charge in [0.15, 0.2) is 9.84 Å². The number of hydrogen-bond acceptors (Lipinski definition) is 6. The summed E-state index contributed by atoms with van der Waals surface area (Å²) in [5, 5.41) is 0. The summed E-state index contributed by atoms with van der Waals surface area (Å²) in [5.74, 6) is 0.385. The molecule has 0 spiro atoms. The van der Waals surface area contributed by atoms with Crippen LogP contribution in [-0.2, 0) is 9.84 Å². The number of aromatic nitrogens is 3. The van der Waals surface area contributed by atoms with Crippen molar-refractivity contribution < 1.29 is 8.42 Å². The normalized spacial score (nSPS) is 11.3. The van der Waals surface area contributed by atoms with E-state index in [1.165, 1.54) is 12.6 Å². The van der Waals surface area contributed by atoms with E-state index in [1.807, 2.05) is 6.07 Å². The molecule has 0 aliphatic carbocycles. The van der Waals surface area contributed by atoms with Gasteiger partial charge in [-0.1, -0.05) is 12.1 Å². The van der Waals surface area contributed by atoms with Crippen molar-refractivity contribution >= 4 is 15.7 Å². The maximum absolute atomic E-state index is 11.5. The van der Waals surface area contributed by atoms with Crippen LogP contribution in [0.2, 0.25) is 0 Å². The van der Waals surface area contributed by atoms with Crippen molar-refractivity contribution in [3.63, 3.8) is 0 Å². The molecule has 0 unspecified atom stereocenters. The van der Waals surface area contributed by atoms with Gasteiger partial charge in [-0.15, -0.1) is 0 Å². The number of pyridine rings is 1. The number of nitrogen functional groups attached to an aromatic ring is 1. The van der Waals surface area contributed by atoms with E-state index < -0.39 is 9.84 Å². The Hall–Kier alpha value is -2.80. The number of nitrogens with zero attached hydrogens (tertiary/aromatic N) is 3. The molecule has 0 saturated heterocycles. The molecule has 0 aliphatic heterocycles. The lowest BCUT2D eigenvalue weighted by Crippen LogP contribution is -1.97. The first-order valence-corrected chi connectivity index (χ1v) is 8.66. The van der Waals surface area contributed by atoms with E-state index in [9.17, 15) is 8.42 Å². The third-order valence-electron chi connectivity index (χ3n) is 3.41. The summed E-state index contributed by atoms with van der Waals surface area (Å²) in [6, 6.07) is 8.53. The summed E-state index contributed by atoms with van der Waals surface area (Å²) < 4.78 is 23.0. The summed E-state index contributed by atoms with van der Waals surface area (Å²) in [6.45, 7) is 0. The van der Waals surface area contributed by atoms with Crippen molar-refractivity contribution in [3.8, 4) is 22.3 Å². The maximum Gasteiger partial charge on any atom is 0.175 e. The molecule has 1 aromatic carbocycles. The highest BCUT2D eigenvalue weighted by Crippen LogP contribution is 2.29. The van der Waals surface area contributed by atoms with Gasteiger partial charge in [0.05, 0.1) is 4.90 Å². The van der Waals surface area contributed by atoms with Crippen molar-refractivity contribution in [2.45, 2.75) is 4.90 Å². The quantitative estimate of drug-likeness (QED) is 0.792. The monoisotopic (exact) mass is 326 g/mol. The van der Waals surface area contributed by atoms with Gasteiger partial charge >= 0.3 is 0 Å². The second-order valence-corrected chi connectivity index (χ2v) is 7.10. The molecule has 6 nitrogen and oxygen atoms in total. The highest BCUT2D eigenvalue weighted by atomic mass is 32.2. The Bertz CT molecular complexity index is 940. The molecule has 3 rings (SSSR count). The molecule has 0 saturated carbocycles. The molecule has 2 heterocycles. The molecular formula is C16H14N4O2S. The van der Waals surface area contributed by atoms with Gasteiger partial charge in [-0.3, -0.25) is 0 Å². The lowest BCUT2D eigenvalue weighted by atomic mass is 10.0. The second-order valence-electron chi connectivity index (χ2n) is 5.08.